The van der Waals surface area contributed by atoms with Crippen LogP contribution in [0, 0.1) is 17.3 Å². The Morgan fingerprint density at radius 3 is 2.47 bits per heavy atom. The summed E-state index contributed by atoms with van der Waals surface area (Å²) in [5.74, 6) is -0.666. The van der Waals surface area contributed by atoms with Gasteiger partial charge in [-0.3, -0.25) is 10.1 Å². The van der Waals surface area contributed by atoms with E-state index in [1.54, 1.807) is 19.9 Å². The zero-order chi connectivity index (χ0) is 13.2. The van der Waals surface area contributed by atoms with E-state index in [-0.39, 0.29) is 17.4 Å². The maximum atomic E-state index is 11.7. The van der Waals surface area contributed by atoms with Crippen molar-refractivity contribution >= 4 is 56.8 Å². The average Bonchev–Trinajstić information content (AvgIpc) is 2.19. The third-order valence-corrected chi connectivity index (χ3v) is 4.84. The molecule has 0 heterocycles. The number of nitro benzene ring substituents is 1. The Bertz CT molecular complexity index is 474. The van der Waals surface area contributed by atoms with Crippen molar-refractivity contribution in [1.82, 2.24) is 0 Å². The Balaban J connectivity index is 3.29. The van der Waals surface area contributed by atoms with E-state index in [9.17, 15) is 14.9 Å². The van der Waals surface area contributed by atoms with E-state index in [1.165, 1.54) is 6.07 Å². The van der Waals surface area contributed by atoms with E-state index in [4.69, 9.17) is 4.74 Å². The Labute approximate surface area is 125 Å². The predicted molar refractivity (Wildman–Crippen MR) is 79.1 cm³/mol. The van der Waals surface area contributed by atoms with Gasteiger partial charge in [-0.15, -0.1) is 0 Å². The lowest BCUT2D eigenvalue weighted by atomic mass is 10.2. The van der Waals surface area contributed by atoms with Crippen LogP contribution in [-0.4, -0.2) is 17.0 Å². The van der Waals surface area contributed by atoms with Gasteiger partial charge in [0, 0.05) is 3.57 Å². The van der Waals surface area contributed by atoms with Crippen LogP contribution in [0.15, 0.2) is 12.1 Å². The van der Waals surface area contributed by atoms with Crippen molar-refractivity contribution in [1.29, 1.82) is 0 Å². The Morgan fingerprint density at radius 2 is 2.00 bits per heavy atom. The van der Waals surface area contributed by atoms with Crippen molar-refractivity contribution in [3.05, 3.63) is 35.0 Å². The summed E-state index contributed by atoms with van der Waals surface area (Å²) in [7, 11) is 0. The molecule has 92 valence electrons. The molecule has 0 spiro atoms. The van der Waals surface area contributed by atoms with Crippen molar-refractivity contribution in [2.75, 3.05) is 0 Å². The first-order valence-electron chi connectivity index (χ1n) is 4.68. The first-order chi connectivity index (χ1) is 7.84. The van der Waals surface area contributed by atoms with E-state index in [0.717, 1.165) is 3.57 Å². The molecule has 0 N–H and O–H groups in total. The van der Waals surface area contributed by atoms with E-state index in [2.05, 4.69) is 0 Å². The lowest BCUT2D eigenvalue weighted by Gasteiger charge is -2.09. The normalized spacial score (nSPS) is 10.4. The van der Waals surface area contributed by atoms with Crippen LogP contribution >= 0.6 is 45.2 Å². The van der Waals surface area contributed by atoms with Crippen molar-refractivity contribution in [2.24, 2.45) is 0 Å². The molecule has 0 aromatic heterocycles. The third kappa shape index (κ3) is 3.50. The van der Waals surface area contributed by atoms with Crippen LogP contribution in [0.5, 0.6) is 0 Å². The first-order valence-corrected chi connectivity index (χ1v) is 6.83. The minimum Gasteiger partial charge on any atom is -0.459 e. The van der Waals surface area contributed by atoms with E-state index in [0.29, 0.717) is 3.57 Å². The molecular weight excluding hydrogens is 452 g/mol. The highest BCUT2D eigenvalue weighted by Gasteiger charge is 2.26. The molecule has 0 bridgehead atoms. The van der Waals surface area contributed by atoms with Gasteiger partial charge in [0.1, 0.15) is 9.13 Å². The van der Waals surface area contributed by atoms with Gasteiger partial charge < -0.3 is 4.74 Å². The summed E-state index contributed by atoms with van der Waals surface area (Å²) in [6.45, 7) is 3.39. The van der Waals surface area contributed by atoms with Crippen LogP contribution in [-0.2, 0) is 4.74 Å². The fraction of sp³-hybridized carbons (Fsp3) is 0.300. The van der Waals surface area contributed by atoms with Crippen molar-refractivity contribution in [2.45, 2.75) is 20.0 Å². The number of carbonyl (C=O) groups is 1. The lowest BCUT2D eigenvalue weighted by Crippen LogP contribution is -2.14. The van der Waals surface area contributed by atoms with E-state index >= 15 is 0 Å². The Hall–Kier alpha value is -0.450. The lowest BCUT2D eigenvalue weighted by molar-refractivity contribution is -0.386. The molecular formula is C10H9I2NO4. The summed E-state index contributed by atoms with van der Waals surface area (Å²) < 4.78 is 6.16. The fourth-order valence-corrected chi connectivity index (χ4v) is 2.26. The molecule has 1 rings (SSSR count). The zero-order valence-electron chi connectivity index (χ0n) is 9.07. The molecule has 0 saturated carbocycles. The molecule has 1 aromatic rings. The molecule has 0 fully saturated rings. The number of nitrogens with zero attached hydrogens (tertiary/aromatic N) is 1. The molecule has 0 atom stereocenters. The second-order valence-electron chi connectivity index (χ2n) is 3.47. The minimum atomic E-state index is -0.666. The van der Waals surface area contributed by atoms with Gasteiger partial charge in [-0.2, -0.15) is 0 Å². The van der Waals surface area contributed by atoms with Crippen LogP contribution in [0.2, 0.25) is 0 Å². The number of benzene rings is 1. The van der Waals surface area contributed by atoms with Gasteiger partial charge in [-0.25, -0.2) is 4.79 Å². The van der Waals surface area contributed by atoms with E-state index in [1.807, 2.05) is 45.2 Å². The fourth-order valence-electron chi connectivity index (χ4n) is 1.16. The number of nitro groups is 1. The van der Waals surface area contributed by atoms with Gasteiger partial charge >= 0.3 is 5.97 Å². The molecule has 0 amide bonds. The second-order valence-corrected chi connectivity index (χ2v) is 5.71. The summed E-state index contributed by atoms with van der Waals surface area (Å²) in [6.07, 6.45) is -0.306. The van der Waals surface area contributed by atoms with Gasteiger partial charge in [-0.05, 0) is 71.2 Å². The Kier molecular flexibility index (Phi) is 5.10. The van der Waals surface area contributed by atoms with Gasteiger partial charge in [-0.1, -0.05) is 0 Å². The standard InChI is InChI=1S/C10H9I2NO4/c1-5(2)17-10(14)6-3-4-7(11)8(12)9(6)13(15)16/h3-5H,1-2H3. The number of halogens is 2. The molecule has 0 aliphatic carbocycles. The van der Waals surface area contributed by atoms with Gasteiger partial charge in [0.15, 0.2) is 0 Å². The highest BCUT2D eigenvalue weighted by Crippen LogP contribution is 2.30. The molecule has 0 saturated heterocycles. The molecule has 0 aliphatic rings. The average molecular weight is 461 g/mol. The van der Waals surface area contributed by atoms with Gasteiger partial charge in [0.25, 0.3) is 5.69 Å². The number of hydrogen-bond acceptors (Lipinski definition) is 4. The van der Waals surface area contributed by atoms with Gasteiger partial charge in [0.05, 0.1) is 11.0 Å². The molecule has 0 radical (unpaired) electrons. The Morgan fingerprint density at radius 1 is 1.41 bits per heavy atom. The number of carbonyl (C=O) groups excluding carboxylic acids is 1. The predicted octanol–water partition coefficient (Wildman–Crippen LogP) is 3.37. The quantitative estimate of drug-likeness (QED) is 0.300. The molecule has 0 aliphatic heterocycles. The number of ether oxygens (including phenoxy) is 1. The second kappa shape index (κ2) is 5.94. The van der Waals surface area contributed by atoms with Crippen molar-refractivity contribution < 1.29 is 14.5 Å². The van der Waals surface area contributed by atoms with Crippen LogP contribution < -0.4 is 0 Å². The first kappa shape index (κ1) is 14.6. The number of rotatable bonds is 3. The largest absolute Gasteiger partial charge is 0.459 e. The summed E-state index contributed by atoms with van der Waals surface area (Å²) >= 11 is 3.84. The highest BCUT2D eigenvalue weighted by atomic mass is 127. The summed E-state index contributed by atoms with van der Waals surface area (Å²) in [5.41, 5.74) is -0.198. The monoisotopic (exact) mass is 461 g/mol. The topological polar surface area (TPSA) is 69.4 Å². The summed E-state index contributed by atoms with van der Waals surface area (Å²) in [6, 6.07) is 3.08. The maximum Gasteiger partial charge on any atom is 0.345 e. The van der Waals surface area contributed by atoms with Crippen LogP contribution in [0.4, 0.5) is 5.69 Å². The maximum absolute atomic E-state index is 11.7. The van der Waals surface area contributed by atoms with Crippen molar-refractivity contribution in [3.63, 3.8) is 0 Å². The summed E-state index contributed by atoms with van der Waals surface area (Å²) in [5, 5.41) is 11.0. The van der Waals surface area contributed by atoms with Crippen LogP contribution in [0.1, 0.15) is 24.2 Å². The van der Waals surface area contributed by atoms with Crippen LogP contribution in [0.3, 0.4) is 0 Å². The SMILES string of the molecule is CC(C)OC(=O)c1ccc(I)c(I)c1[N+](=O)[O-]. The number of esters is 1. The zero-order valence-corrected chi connectivity index (χ0v) is 13.4. The molecule has 5 nitrogen and oxygen atoms in total. The summed E-state index contributed by atoms with van der Waals surface area (Å²) in [4.78, 5) is 22.1. The smallest absolute Gasteiger partial charge is 0.345 e. The highest BCUT2D eigenvalue weighted by molar-refractivity contribution is 14.1. The van der Waals surface area contributed by atoms with Crippen molar-refractivity contribution in [3.8, 4) is 0 Å². The molecule has 7 heteroatoms. The minimum absolute atomic E-state index is 0.00600. The third-order valence-electron chi connectivity index (χ3n) is 1.81. The number of hydrogen-bond donors (Lipinski definition) is 0. The van der Waals surface area contributed by atoms with Crippen LogP contribution in [0.25, 0.3) is 0 Å². The molecule has 1 aromatic carbocycles. The van der Waals surface area contributed by atoms with E-state index < -0.39 is 10.9 Å². The van der Waals surface area contributed by atoms with Gasteiger partial charge in [0.2, 0.25) is 0 Å². The molecule has 0 unspecified atom stereocenters. The molecule has 17 heavy (non-hydrogen) atoms.